The number of hydrogen-bond donors (Lipinski definition) is 1. The molecular formula is C22H28N2O4. The maximum Gasteiger partial charge on any atom is 0.337 e. The zero-order valence-electron chi connectivity index (χ0n) is 16.3. The van der Waals surface area contributed by atoms with Crippen LogP contribution in [0, 0.1) is 0 Å². The van der Waals surface area contributed by atoms with Gasteiger partial charge in [0.15, 0.2) is 0 Å². The Balaban J connectivity index is 1.39. The lowest BCUT2D eigenvalue weighted by Crippen LogP contribution is -2.48. The van der Waals surface area contributed by atoms with Crippen molar-refractivity contribution in [1.82, 2.24) is 9.80 Å². The molecule has 1 N–H and O–H groups in total. The Bertz CT molecular complexity index is 745. The third-order valence-electron chi connectivity index (χ3n) is 4.88. The summed E-state index contributed by atoms with van der Waals surface area (Å²) >= 11 is 0. The normalized spacial score (nSPS) is 16.5. The monoisotopic (exact) mass is 384 g/mol. The van der Waals surface area contributed by atoms with E-state index < -0.39 is 12.1 Å². The average molecular weight is 384 g/mol. The molecule has 1 saturated heterocycles. The van der Waals surface area contributed by atoms with Crippen molar-refractivity contribution in [1.29, 1.82) is 0 Å². The van der Waals surface area contributed by atoms with Crippen molar-refractivity contribution in [3.63, 3.8) is 0 Å². The largest absolute Gasteiger partial charge is 0.491 e. The number of benzene rings is 2. The van der Waals surface area contributed by atoms with E-state index in [4.69, 9.17) is 9.47 Å². The molecule has 0 amide bonds. The van der Waals surface area contributed by atoms with Gasteiger partial charge in [0.2, 0.25) is 0 Å². The molecule has 2 aromatic carbocycles. The summed E-state index contributed by atoms with van der Waals surface area (Å²) < 4.78 is 10.4. The molecule has 0 saturated carbocycles. The minimum atomic E-state index is -0.581. The van der Waals surface area contributed by atoms with Gasteiger partial charge in [0.1, 0.15) is 18.5 Å². The summed E-state index contributed by atoms with van der Waals surface area (Å²) in [6.45, 7) is 5.58. The van der Waals surface area contributed by atoms with Gasteiger partial charge < -0.3 is 14.6 Å². The third-order valence-corrected chi connectivity index (χ3v) is 4.88. The maximum atomic E-state index is 11.6. The highest BCUT2D eigenvalue weighted by Gasteiger charge is 2.19. The van der Waals surface area contributed by atoms with E-state index >= 15 is 0 Å². The van der Waals surface area contributed by atoms with E-state index in [1.807, 2.05) is 6.07 Å². The first-order valence-electron chi connectivity index (χ1n) is 9.62. The standard InChI is InChI=1S/C22H28N2O4/c1-27-22(26)19-8-5-9-21(14-19)28-17-20(25)16-24-12-10-23(11-13-24)15-18-6-3-2-4-7-18/h2-9,14,20,25H,10-13,15-17H2,1H3/t20-/m1/s1. The highest BCUT2D eigenvalue weighted by atomic mass is 16.5. The molecule has 0 bridgehead atoms. The Morgan fingerprint density at radius 1 is 1.04 bits per heavy atom. The van der Waals surface area contributed by atoms with Crippen molar-refractivity contribution >= 4 is 5.97 Å². The molecule has 0 aromatic heterocycles. The molecular weight excluding hydrogens is 356 g/mol. The Morgan fingerprint density at radius 3 is 2.46 bits per heavy atom. The Kier molecular flexibility index (Phi) is 7.42. The number of carbonyl (C=O) groups is 1. The Morgan fingerprint density at radius 2 is 1.75 bits per heavy atom. The van der Waals surface area contributed by atoms with Crippen LogP contribution in [0.15, 0.2) is 54.6 Å². The molecule has 1 aliphatic heterocycles. The molecule has 28 heavy (non-hydrogen) atoms. The van der Waals surface area contributed by atoms with Crippen molar-refractivity contribution in [3.05, 3.63) is 65.7 Å². The van der Waals surface area contributed by atoms with Crippen LogP contribution >= 0.6 is 0 Å². The fraction of sp³-hybridized carbons (Fsp3) is 0.409. The summed E-state index contributed by atoms with van der Waals surface area (Å²) in [4.78, 5) is 16.3. The second-order valence-corrected chi connectivity index (χ2v) is 7.05. The first kappa shape index (κ1) is 20.3. The van der Waals surface area contributed by atoms with Crippen LogP contribution in [-0.2, 0) is 11.3 Å². The van der Waals surface area contributed by atoms with Gasteiger partial charge in [0.05, 0.1) is 12.7 Å². The molecule has 1 aliphatic rings. The summed E-state index contributed by atoms with van der Waals surface area (Å²) in [5.74, 6) is 0.147. The highest BCUT2D eigenvalue weighted by molar-refractivity contribution is 5.89. The Labute approximate surface area is 166 Å². The van der Waals surface area contributed by atoms with Crippen LogP contribution in [0.1, 0.15) is 15.9 Å². The summed E-state index contributed by atoms with van der Waals surface area (Å²) in [7, 11) is 1.35. The number of hydrogen-bond acceptors (Lipinski definition) is 6. The lowest BCUT2D eigenvalue weighted by molar-refractivity contribution is 0.0445. The molecule has 0 radical (unpaired) electrons. The van der Waals surface area contributed by atoms with Gasteiger partial charge in [-0.15, -0.1) is 0 Å². The number of esters is 1. The van der Waals surface area contributed by atoms with Crippen LogP contribution in [0.3, 0.4) is 0 Å². The number of β-amino-alcohol motifs (C(OH)–C–C–N with tert-alkyl or cyclic N) is 1. The number of rotatable bonds is 8. The van der Waals surface area contributed by atoms with Crippen molar-refractivity contribution in [3.8, 4) is 5.75 Å². The predicted molar refractivity (Wildman–Crippen MR) is 107 cm³/mol. The lowest BCUT2D eigenvalue weighted by Gasteiger charge is -2.35. The molecule has 6 heteroatoms. The number of ether oxygens (including phenoxy) is 2. The summed E-state index contributed by atoms with van der Waals surface area (Å²) in [5.41, 5.74) is 1.77. The van der Waals surface area contributed by atoms with E-state index in [9.17, 15) is 9.90 Å². The van der Waals surface area contributed by atoms with E-state index in [0.717, 1.165) is 32.7 Å². The zero-order valence-corrected chi connectivity index (χ0v) is 16.3. The number of aliphatic hydroxyl groups excluding tert-OH is 1. The molecule has 1 fully saturated rings. The zero-order chi connectivity index (χ0) is 19.8. The van der Waals surface area contributed by atoms with Crippen LogP contribution in [0.5, 0.6) is 5.75 Å². The van der Waals surface area contributed by atoms with Crippen LogP contribution in [-0.4, -0.2) is 73.4 Å². The molecule has 0 unspecified atom stereocenters. The van der Waals surface area contributed by atoms with Crippen LogP contribution in [0.2, 0.25) is 0 Å². The van der Waals surface area contributed by atoms with Gasteiger partial charge in [-0.25, -0.2) is 4.79 Å². The second-order valence-electron chi connectivity index (χ2n) is 7.05. The van der Waals surface area contributed by atoms with Gasteiger partial charge in [-0.05, 0) is 23.8 Å². The fourth-order valence-corrected chi connectivity index (χ4v) is 3.35. The van der Waals surface area contributed by atoms with Crippen LogP contribution in [0.4, 0.5) is 0 Å². The van der Waals surface area contributed by atoms with Crippen LogP contribution < -0.4 is 4.74 Å². The molecule has 0 aliphatic carbocycles. The SMILES string of the molecule is COC(=O)c1cccc(OC[C@H](O)CN2CCN(Cc3ccccc3)CC2)c1. The van der Waals surface area contributed by atoms with Gasteiger partial charge >= 0.3 is 5.97 Å². The molecule has 2 aromatic rings. The van der Waals surface area contributed by atoms with Gasteiger partial charge in [-0.3, -0.25) is 9.80 Å². The third kappa shape index (κ3) is 6.05. The van der Waals surface area contributed by atoms with E-state index in [1.165, 1.54) is 12.7 Å². The first-order chi connectivity index (χ1) is 13.6. The second kappa shape index (κ2) is 10.2. The van der Waals surface area contributed by atoms with Gasteiger partial charge in [0.25, 0.3) is 0 Å². The number of carbonyl (C=O) groups excluding carboxylic acids is 1. The maximum absolute atomic E-state index is 11.6. The highest BCUT2D eigenvalue weighted by Crippen LogP contribution is 2.15. The van der Waals surface area contributed by atoms with Crippen molar-refractivity contribution in [2.75, 3.05) is 46.4 Å². The number of methoxy groups -OCH3 is 1. The molecule has 1 heterocycles. The topological polar surface area (TPSA) is 62.2 Å². The number of nitrogens with zero attached hydrogens (tertiary/aromatic N) is 2. The summed E-state index contributed by atoms with van der Waals surface area (Å²) in [5, 5.41) is 10.3. The minimum absolute atomic E-state index is 0.189. The van der Waals surface area contributed by atoms with E-state index in [-0.39, 0.29) is 6.61 Å². The van der Waals surface area contributed by atoms with Gasteiger partial charge in [0, 0.05) is 39.3 Å². The van der Waals surface area contributed by atoms with Gasteiger partial charge in [-0.2, -0.15) is 0 Å². The fourth-order valence-electron chi connectivity index (χ4n) is 3.35. The summed E-state index contributed by atoms with van der Waals surface area (Å²) in [6.07, 6.45) is -0.581. The molecule has 0 spiro atoms. The van der Waals surface area contributed by atoms with Crippen molar-refractivity contribution in [2.24, 2.45) is 0 Å². The number of piperazine rings is 1. The van der Waals surface area contributed by atoms with Crippen molar-refractivity contribution in [2.45, 2.75) is 12.6 Å². The smallest absolute Gasteiger partial charge is 0.337 e. The van der Waals surface area contributed by atoms with E-state index in [1.54, 1.807) is 24.3 Å². The van der Waals surface area contributed by atoms with E-state index in [0.29, 0.717) is 17.9 Å². The van der Waals surface area contributed by atoms with Crippen LogP contribution in [0.25, 0.3) is 0 Å². The first-order valence-corrected chi connectivity index (χ1v) is 9.62. The van der Waals surface area contributed by atoms with Crippen molar-refractivity contribution < 1.29 is 19.4 Å². The summed E-state index contributed by atoms with van der Waals surface area (Å²) in [6, 6.07) is 17.3. The minimum Gasteiger partial charge on any atom is -0.491 e. The van der Waals surface area contributed by atoms with E-state index in [2.05, 4.69) is 34.1 Å². The average Bonchev–Trinajstić information content (AvgIpc) is 2.74. The Hall–Kier alpha value is -2.41. The molecule has 1 atom stereocenters. The molecule has 3 rings (SSSR count). The van der Waals surface area contributed by atoms with Gasteiger partial charge in [-0.1, -0.05) is 36.4 Å². The molecule has 6 nitrogen and oxygen atoms in total. The quantitative estimate of drug-likeness (QED) is 0.703. The molecule has 150 valence electrons. The number of aliphatic hydroxyl groups is 1. The lowest BCUT2D eigenvalue weighted by atomic mass is 10.2. The predicted octanol–water partition coefficient (Wildman–Crippen LogP) is 2.03.